The van der Waals surface area contributed by atoms with Crippen molar-refractivity contribution in [2.24, 2.45) is 5.41 Å². The molecule has 4 nitrogen and oxygen atoms in total. The van der Waals surface area contributed by atoms with Crippen molar-refractivity contribution >= 4 is 18.3 Å². The number of nitrogens with one attached hydrogen (secondary N) is 2. The average Bonchev–Trinajstić information content (AvgIpc) is 2.55. The standard InChI is InChI=1S/C18H28N2O2.ClH/c1-15(16-6-4-3-5-7-16)12-17(21)20-13-18(14-22-2)8-10-19-11-9-18;/h3-7,15,19H,8-14H2,1-2H3,(H,20,21);1H. The molecule has 1 heterocycles. The first-order chi connectivity index (χ1) is 10.7. The Balaban J connectivity index is 0.00000264. The molecule has 130 valence electrons. The topological polar surface area (TPSA) is 50.4 Å². The van der Waals surface area contributed by atoms with E-state index in [1.54, 1.807) is 7.11 Å². The van der Waals surface area contributed by atoms with E-state index in [0.29, 0.717) is 19.6 Å². The Bertz CT molecular complexity index is 456. The number of benzene rings is 1. The number of carbonyl (C=O) groups excluding carboxylic acids is 1. The van der Waals surface area contributed by atoms with E-state index in [9.17, 15) is 4.79 Å². The third-order valence-electron chi connectivity index (χ3n) is 4.64. The van der Waals surface area contributed by atoms with Crippen LogP contribution >= 0.6 is 12.4 Å². The molecule has 1 atom stereocenters. The lowest BCUT2D eigenvalue weighted by Crippen LogP contribution is -2.47. The zero-order valence-electron chi connectivity index (χ0n) is 14.1. The second-order valence-electron chi connectivity index (χ2n) is 6.48. The van der Waals surface area contributed by atoms with E-state index in [2.05, 4.69) is 29.7 Å². The minimum absolute atomic E-state index is 0. The highest BCUT2D eigenvalue weighted by molar-refractivity contribution is 5.85. The summed E-state index contributed by atoms with van der Waals surface area (Å²) in [6, 6.07) is 10.2. The summed E-state index contributed by atoms with van der Waals surface area (Å²) >= 11 is 0. The fourth-order valence-electron chi connectivity index (χ4n) is 3.17. The predicted molar refractivity (Wildman–Crippen MR) is 96.1 cm³/mol. The molecule has 0 aliphatic carbocycles. The maximum atomic E-state index is 12.2. The van der Waals surface area contributed by atoms with Crippen molar-refractivity contribution in [3.63, 3.8) is 0 Å². The summed E-state index contributed by atoms with van der Waals surface area (Å²) in [5.74, 6) is 0.373. The highest BCUT2D eigenvalue weighted by atomic mass is 35.5. The molecule has 0 radical (unpaired) electrons. The largest absolute Gasteiger partial charge is 0.384 e. The van der Waals surface area contributed by atoms with Gasteiger partial charge in [0.25, 0.3) is 0 Å². The molecule has 1 amide bonds. The molecule has 1 aromatic carbocycles. The first-order valence-electron chi connectivity index (χ1n) is 8.16. The molecule has 5 heteroatoms. The Morgan fingerprint density at radius 3 is 2.57 bits per heavy atom. The Morgan fingerprint density at radius 2 is 1.96 bits per heavy atom. The summed E-state index contributed by atoms with van der Waals surface area (Å²) in [6.07, 6.45) is 2.63. The van der Waals surface area contributed by atoms with Gasteiger partial charge in [-0.15, -0.1) is 12.4 Å². The van der Waals surface area contributed by atoms with Crippen molar-refractivity contribution in [3.8, 4) is 0 Å². The molecule has 1 aliphatic rings. The highest BCUT2D eigenvalue weighted by Gasteiger charge is 2.32. The summed E-state index contributed by atoms with van der Waals surface area (Å²) in [5.41, 5.74) is 1.30. The Hall–Kier alpha value is -1.10. The van der Waals surface area contributed by atoms with Crippen LogP contribution in [0.1, 0.15) is 37.7 Å². The van der Waals surface area contributed by atoms with Crippen molar-refractivity contribution in [2.45, 2.75) is 32.1 Å². The van der Waals surface area contributed by atoms with E-state index in [4.69, 9.17) is 4.74 Å². The van der Waals surface area contributed by atoms with Gasteiger partial charge in [-0.05, 0) is 37.4 Å². The van der Waals surface area contributed by atoms with E-state index < -0.39 is 0 Å². The number of halogens is 1. The van der Waals surface area contributed by atoms with Crippen LogP contribution in [0.25, 0.3) is 0 Å². The molecule has 0 saturated carbocycles. The van der Waals surface area contributed by atoms with Gasteiger partial charge < -0.3 is 15.4 Å². The Morgan fingerprint density at radius 1 is 1.30 bits per heavy atom. The monoisotopic (exact) mass is 340 g/mol. The van der Waals surface area contributed by atoms with Crippen molar-refractivity contribution < 1.29 is 9.53 Å². The zero-order valence-corrected chi connectivity index (χ0v) is 15.0. The van der Waals surface area contributed by atoms with Crippen LogP contribution in [0.3, 0.4) is 0 Å². The smallest absolute Gasteiger partial charge is 0.220 e. The van der Waals surface area contributed by atoms with Crippen LogP contribution in [0.2, 0.25) is 0 Å². The number of hydrogen-bond donors (Lipinski definition) is 2. The zero-order chi connectivity index (χ0) is 15.8. The summed E-state index contributed by atoms with van der Waals surface area (Å²) in [7, 11) is 1.74. The number of rotatable bonds is 7. The molecule has 1 aliphatic heterocycles. The molecule has 2 N–H and O–H groups in total. The minimum atomic E-state index is 0. The van der Waals surface area contributed by atoms with E-state index >= 15 is 0 Å². The van der Waals surface area contributed by atoms with Crippen LogP contribution in [0.5, 0.6) is 0 Å². The fraction of sp³-hybridized carbons (Fsp3) is 0.611. The molecule has 2 rings (SSSR count). The summed E-state index contributed by atoms with van der Waals surface area (Å²) in [5, 5.41) is 6.50. The molecule has 1 saturated heterocycles. The van der Waals surface area contributed by atoms with Gasteiger partial charge in [0, 0.05) is 25.5 Å². The van der Waals surface area contributed by atoms with E-state index in [-0.39, 0.29) is 29.6 Å². The van der Waals surface area contributed by atoms with E-state index in [1.165, 1.54) is 5.56 Å². The normalized spacial score (nSPS) is 17.8. The number of piperidine rings is 1. The lowest BCUT2D eigenvalue weighted by atomic mass is 9.79. The van der Waals surface area contributed by atoms with Gasteiger partial charge in [0.1, 0.15) is 0 Å². The molecule has 1 fully saturated rings. The van der Waals surface area contributed by atoms with Gasteiger partial charge >= 0.3 is 0 Å². The van der Waals surface area contributed by atoms with Crippen LogP contribution in [-0.4, -0.2) is 39.3 Å². The van der Waals surface area contributed by atoms with E-state index in [1.807, 2.05) is 18.2 Å². The van der Waals surface area contributed by atoms with E-state index in [0.717, 1.165) is 25.9 Å². The fourth-order valence-corrected chi connectivity index (χ4v) is 3.17. The first kappa shape index (κ1) is 19.9. The number of methoxy groups -OCH3 is 1. The highest BCUT2D eigenvalue weighted by Crippen LogP contribution is 2.28. The van der Waals surface area contributed by atoms with Crippen molar-refractivity contribution in [3.05, 3.63) is 35.9 Å². The number of amides is 1. The van der Waals surface area contributed by atoms with Gasteiger partial charge in [0.2, 0.25) is 5.91 Å². The molecule has 0 spiro atoms. The Kier molecular flexibility index (Phi) is 8.59. The molecule has 0 bridgehead atoms. The maximum Gasteiger partial charge on any atom is 0.220 e. The van der Waals surface area contributed by atoms with Gasteiger partial charge in [0.15, 0.2) is 0 Å². The van der Waals surface area contributed by atoms with Gasteiger partial charge in [-0.1, -0.05) is 37.3 Å². The second-order valence-corrected chi connectivity index (χ2v) is 6.48. The predicted octanol–water partition coefficient (Wildman–Crippen LogP) is 2.73. The third-order valence-corrected chi connectivity index (χ3v) is 4.64. The van der Waals surface area contributed by atoms with Crippen LogP contribution in [0.15, 0.2) is 30.3 Å². The molecular weight excluding hydrogens is 312 g/mol. The molecule has 1 unspecified atom stereocenters. The average molecular weight is 341 g/mol. The molecule has 0 aromatic heterocycles. The van der Waals surface area contributed by atoms with Crippen LogP contribution < -0.4 is 10.6 Å². The third kappa shape index (κ3) is 6.13. The first-order valence-corrected chi connectivity index (χ1v) is 8.16. The van der Waals surface area contributed by atoms with Crippen LogP contribution in [-0.2, 0) is 9.53 Å². The number of ether oxygens (including phenoxy) is 1. The number of carbonyl (C=O) groups is 1. The minimum Gasteiger partial charge on any atom is -0.384 e. The summed E-state index contributed by atoms with van der Waals surface area (Å²) in [4.78, 5) is 12.2. The van der Waals surface area contributed by atoms with Crippen molar-refractivity contribution in [2.75, 3.05) is 33.4 Å². The lowest BCUT2D eigenvalue weighted by Gasteiger charge is -2.37. The van der Waals surface area contributed by atoms with Gasteiger partial charge in [0.05, 0.1) is 6.61 Å². The SMILES string of the molecule is COCC1(CNC(=O)CC(C)c2ccccc2)CCNCC1.Cl. The molecule has 23 heavy (non-hydrogen) atoms. The number of hydrogen-bond acceptors (Lipinski definition) is 3. The van der Waals surface area contributed by atoms with Crippen LogP contribution in [0.4, 0.5) is 0 Å². The lowest BCUT2D eigenvalue weighted by molar-refractivity contribution is -0.122. The van der Waals surface area contributed by atoms with Crippen LogP contribution in [0, 0.1) is 5.41 Å². The summed E-state index contributed by atoms with van der Waals surface area (Å²) in [6.45, 7) is 5.52. The maximum absolute atomic E-state index is 12.2. The molecule has 1 aromatic rings. The Labute approximate surface area is 145 Å². The quantitative estimate of drug-likeness (QED) is 0.802. The van der Waals surface area contributed by atoms with Crippen molar-refractivity contribution in [1.29, 1.82) is 0 Å². The van der Waals surface area contributed by atoms with Gasteiger partial charge in [-0.25, -0.2) is 0 Å². The van der Waals surface area contributed by atoms with Gasteiger partial charge in [-0.3, -0.25) is 4.79 Å². The second kappa shape index (κ2) is 9.91. The summed E-state index contributed by atoms with van der Waals surface area (Å²) < 4.78 is 5.39. The van der Waals surface area contributed by atoms with Crippen molar-refractivity contribution in [1.82, 2.24) is 10.6 Å². The molecular formula is C18H29ClN2O2. The van der Waals surface area contributed by atoms with Gasteiger partial charge in [-0.2, -0.15) is 0 Å².